The summed E-state index contributed by atoms with van der Waals surface area (Å²) in [4.78, 5) is 66.1. The molecular weight excluding hydrogens is 474 g/mol. The smallest absolute Gasteiger partial charge is 0.315 e. The van der Waals surface area contributed by atoms with E-state index in [2.05, 4.69) is 29.8 Å². The molecular formula is C27H45N5O5. The molecule has 5 N–H and O–H groups in total. The summed E-state index contributed by atoms with van der Waals surface area (Å²) in [5.74, 6) is -2.35. The number of urea groups is 1. The first-order chi connectivity index (χ1) is 16.8. The molecule has 37 heavy (non-hydrogen) atoms. The normalized spacial score (nSPS) is 26.3. The van der Waals surface area contributed by atoms with E-state index in [1.165, 1.54) is 0 Å². The standard InChI is InChI=1S/C27H45N5O5/c1-25(2,3)20(30-24(37)31-26(4,5)6)23(36)32-13-15-17(27(15,7)8)18(32)22(35)29-16(19(33)21(28)34)12-14-10-9-11-14/h14-18,20H,9-13H2,1-8H3,(H2,28,34)(H,29,35)(H2,30,31,37)/t15-,16?,17?,18?,20?/m1/s1. The van der Waals surface area contributed by atoms with Gasteiger partial charge in [0.05, 0.1) is 6.04 Å². The fourth-order valence-corrected chi connectivity index (χ4v) is 5.86. The van der Waals surface area contributed by atoms with Crippen LogP contribution in [0.25, 0.3) is 0 Å². The molecule has 4 unspecified atom stereocenters. The van der Waals surface area contributed by atoms with Crippen LogP contribution in [0.5, 0.6) is 0 Å². The monoisotopic (exact) mass is 519 g/mol. The molecule has 3 aliphatic rings. The Morgan fingerprint density at radius 1 is 1.00 bits per heavy atom. The molecule has 208 valence electrons. The molecule has 5 amide bonds. The molecule has 3 rings (SSSR count). The van der Waals surface area contributed by atoms with Gasteiger partial charge in [0.25, 0.3) is 5.91 Å². The lowest BCUT2D eigenvalue weighted by Crippen LogP contribution is -2.62. The van der Waals surface area contributed by atoms with Gasteiger partial charge in [0.1, 0.15) is 12.1 Å². The summed E-state index contributed by atoms with van der Waals surface area (Å²) in [7, 11) is 0. The van der Waals surface area contributed by atoms with Crippen molar-refractivity contribution < 1.29 is 24.0 Å². The third-order valence-corrected chi connectivity index (χ3v) is 8.31. The quantitative estimate of drug-likeness (QED) is 0.360. The Morgan fingerprint density at radius 3 is 2.05 bits per heavy atom. The van der Waals surface area contributed by atoms with Crippen molar-refractivity contribution in [3.05, 3.63) is 0 Å². The molecule has 1 heterocycles. The van der Waals surface area contributed by atoms with Crippen LogP contribution >= 0.6 is 0 Å². The van der Waals surface area contributed by atoms with Crippen LogP contribution in [0, 0.1) is 28.6 Å². The third-order valence-electron chi connectivity index (χ3n) is 8.31. The van der Waals surface area contributed by atoms with Crippen molar-refractivity contribution in [1.29, 1.82) is 0 Å². The van der Waals surface area contributed by atoms with Crippen LogP contribution in [-0.4, -0.2) is 64.6 Å². The van der Waals surface area contributed by atoms with Crippen molar-refractivity contribution in [2.45, 2.75) is 105 Å². The fraction of sp³-hybridized carbons (Fsp3) is 0.815. The maximum atomic E-state index is 13.9. The molecule has 0 radical (unpaired) electrons. The highest BCUT2D eigenvalue weighted by Crippen LogP contribution is 2.65. The van der Waals surface area contributed by atoms with Gasteiger partial charge in [0.2, 0.25) is 17.6 Å². The maximum absolute atomic E-state index is 13.9. The van der Waals surface area contributed by atoms with Crippen LogP contribution in [0.3, 0.4) is 0 Å². The van der Waals surface area contributed by atoms with Crippen LogP contribution in [0.2, 0.25) is 0 Å². The molecule has 10 heteroatoms. The molecule has 0 bridgehead atoms. The molecule has 0 aromatic carbocycles. The van der Waals surface area contributed by atoms with Crippen molar-refractivity contribution in [2.24, 2.45) is 34.3 Å². The van der Waals surface area contributed by atoms with E-state index in [0.717, 1.165) is 19.3 Å². The van der Waals surface area contributed by atoms with E-state index in [9.17, 15) is 24.0 Å². The number of primary amides is 1. The first kappa shape index (κ1) is 28.9. The van der Waals surface area contributed by atoms with Crippen LogP contribution < -0.4 is 21.7 Å². The molecule has 0 aromatic rings. The van der Waals surface area contributed by atoms with Gasteiger partial charge in [-0.15, -0.1) is 0 Å². The van der Waals surface area contributed by atoms with Gasteiger partial charge in [0, 0.05) is 12.1 Å². The Labute approximate surface area is 220 Å². The number of fused-ring (bicyclic) bond motifs is 1. The topological polar surface area (TPSA) is 151 Å². The van der Waals surface area contributed by atoms with E-state index in [4.69, 9.17) is 5.73 Å². The van der Waals surface area contributed by atoms with Crippen molar-refractivity contribution >= 4 is 29.5 Å². The minimum absolute atomic E-state index is 0.0755. The fourth-order valence-electron chi connectivity index (χ4n) is 5.86. The lowest BCUT2D eigenvalue weighted by molar-refractivity contribution is -0.145. The Hall–Kier alpha value is -2.65. The molecule has 10 nitrogen and oxygen atoms in total. The number of likely N-dealkylation sites (tertiary alicyclic amines) is 1. The molecule has 2 saturated carbocycles. The number of nitrogens with one attached hydrogen (secondary N) is 3. The number of nitrogens with two attached hydrogens (primary N) is 1. The Bertz CT molecular complexity index is 959. The number of rotatable bonds is 8. The molecule has 2 aliphatic carbocycles. The predicted octanol–water partition coefficient (Wildman–Crippen LogP) is 1.71. The summed E-state index contributed by atoms with van der Waals surface area (Å²) in [6, 6.07) is -3.13. The van der Waals surface area contributed by atoms with Gasteiger partial charge in [-0.05, 0) is 55.8 Å². The van der Waals surface area contributed by atoms with Crippen molar-refractivity contribution in [3.63, 3.8) is 0 Å². The minimum Gasteiger partial charge on any atom is -0.363 e. The van der Waals surface area contributed by atoms with Gasteiger partial charge >= 0.3 is 6.03 Å². The number of piperidine rings is 1. The van der Waals surface area contributed by atoms with E-state index >= 15 is 0 Å². The number of carbonyl (C=O) groups is 5. The number of amides is 5. The highest BCUT2D eigenvalue weighted by atomic mass is 16.2. The van der Waals surface area contributed by atoms with E-state index in [0.29, 0.717) is 13.0 Å². The van der Waals surface area contributed by atoms with Gasteiger partial charge in [-0.25, -0.2) is 4.79 Å². The summed E-state index contributed by atoms with van der Waals surface area (Å²) in [5, 5.41) is 8.44. The molecule has 1 saturated heterocycles. The zero-order valence-corrected chi connectivity index (χ0v) is 23.6. The average Bonchev–Trinajstić information content (AvgIpc) is 3.06. The number of carbonyl (C=O) groups excluding carboxylic acids is 5. The second kappa shape index (κ2) is 9.91. The second-order valence-electron chi connectivity index (χ2n) is 13.9. The van der Waals surface area contributed by atoms with Gasteiger partial charge in [-0.1, -0.05) is 53.9 Å². The predicted molar refractivity (Wildman–Crippen MR) is 139 cm³/mol. The van der Waals surface area contributed by atoms with Crippen molar-refractivity contribution in [1.82, 2.24) is 20.9 Å². The Balaban J connectivity index is 1.83. The SMILES string of the molecule is CC(C)(C)NC(=O)NC(C(=O)N1C[C@@H]2C(C1C(=O)NC(CC1CCC1)C(=O)C(N)=O)C2(C)C)C(C)(C)C. The minimum atomic E-state index is -1.07. The first-order valence-corrected chi connectivity index (χ1v) is 13.4. The van der Waals surface area contributed by atoms with Crippen LogP contribution in [0.1, 0.15) is 81.1 Å². The lowest BCUT2D eigenvalue weighted by atomic mass is 9.80. The summed E-state index contributed by atoms with van der Waals surface area (Å²) in [6.45, 7) is 15.7. The summed E-state index contributed by atoms with van der Waals surface area (Å²) < 4.78 is 0. The van der Waals surface area contributed by atoms with E-state index in [1.54, 1.807) is 4.90 Å². The highest BCUT2D eigenvalue weighted by Gasteiger charge is 2.70. The second-order valence-corrected chi connectivity index (χ2v) is 13.9. The lowest BCUT2D eigenvalue weighted by Gasteiger charge is -2.38. The summed E-state index contributed by atoms with van der Waals surface area (Å²) in [6.07, 6.45) is 3.31. The van der Waals surface area contributed by atoms with Crippen LogP contribution in [0.15, 0.2) is 0 Å². The number of ketones is 1. The van der Waals surface area contributed by atoms with Crippen LogP contribution in [0.4, 0.5) is 4.79 Å². The van der Waals surface area contributed by atoms with Gasteiger partial charge in [-0.2, -0.15) is 0 Å². The first-order valence-electron chi connectivity index (χ1n) is 13.4. The summed E-state index contributed by atoms with van der Waals surface area (Å²) >= 11 is 0. The maximum Gasteiger partial charge on any atom is 0.315 e. The molecule has 5 atom stereocenters. The largest absolute Gasteiger partial charge is 0.363 e. The van der Waals surface area contributed by atoms with Crippen LogP contribution in [-0.2, 0) is 19.2 Å². The van der Waals surface area contributed by atoms with E-state index in [1.807, 2.05) is 41.5 Å². The molecule has 0 aromatic heterocycles. The van der Waals surface area contributed by atoms with Gasteiger partial charge in [-0.3, -0.25) is 19.2 Å². The van der Waals surface area contributed by atoms with Crippen molar-refractivity contribution in [3.8, 4) is 0 Å². The zero-order valence-electron chi connectivity index (χ0n) is 23.6. The van der Waals surface area contributed by atoms with Gasteiger partial charge in [0.15, 0.2) is 0 Å². The van der Waals surface area contributed by atoms with E-state index in [-0.39, 0.29) is 29.1 Å². The number of nitrogens with zero attached hydrogens (tertiary/aromatic N) is 1. The Morgan fingerprint density at radius 2 is 1.59 bits per heavy atom. The van der Waals surface area contributed by atoms with Gasteiger partial charge < -0.3 is 26.6 Å². The zero-order chi connectivity index (χ0) is 28.1. The number of hydrogen-bond donors (Lipinski definition) is 4. The number of Topliss-reactive ketones (excluding diaryl/α,β-unsaturated/α-hetero) is 1. The summed E-state index contributed by atoms with van der Waals surface area (Å²) in [5.41, 5.74) is 4.04. The van der Waals surface area contributed by atoms with E-state index < -0.39 is 52.7 Å². The number of hydrogen-bond acceptors (Lipinski definition) is 5. The molecule has 3 fully saturated rings. The molecule has 1 aliphatic heterocycles. The molecule has 0 spiro atoms. The van der Waals surface area contributed by atoms with Crippen molar-refractivity contribution in [2.75, 3.05) is 6.54 Å². The highest BCUT2D eigenvalue weighted by molar-refractivity contribution is 6.37. The Kier molecular flexibility index (Phi) is 7.74. The third kappa shape index (κ3) is 6.26. The average molecular weight is 520 g/mol.